The fraction of sp³-hybridized carbons (Fsp3) is 0.462. The SMILES string of the molecule is Cc1ccc2c(c1)[nH]c(=O)n2C1CCCN1C. The van der Waals surface area contributed by atoms with Gasteiger partial charge in [0.2, 0.25) is 0 Å². The first-order chi connectivity index (χ1) is 8.16. The molecule has 0 bridgehead atoms. The molecule has 0 spiro atoms. The maximum absolute atomic E-state index is 12.1. The molecule has 1 aliphatic rings. The first kappa shape index (κ1) is 10.6. The van der Waals surface area contributed by atoms with Crippen LogP contribution in [0.1, 0.15) is 24.6 Å². The maximum atomic E-state index is 12.1. The molecule has 1 aromatic heterocycles. The summed E-state index contributed by atoms with van der Waals surface area (Å²) in [7, 11) is 2.08. The van der Waals surface area contributed by atoms with Crippen molar-refractivity contribution in [2.75, 3.05) is 13.6 Å². The lowest BCUT2D eigenvalue weighted by molar-refractivity contribution is 0.238. The van der Waals surface area contributed by atoms with Crippen LogP contribution in [-0.2, 0) is 0 Å². The number of likely N-dealkylation sites (tertiary alicyclic amines) is 1. The van der Waals surface area contributed by atoms with Crippen LogP contribution >= 0.6 is 0 Å². The molecule has 0 saturated carbocycles. The number of imidazole rings is 1. The molecule has 0 amide bonds. The number of benzene rings is 1. The number of aromatic nitrogens is 2. The topological polar surface area (TPSA) is 41.0 Å². The fourth-order valence-electron chi connectivity index (χ4n) is 2.76. The average molecular weight is 231 g/mol. The van der Waals surface area contributed by atoms with E-state index < -0.39 is 0 Å². The van der Waals surface area contributed by atoms with Gasteiger partial charge in [-0.1, -0.05) is 6.07 Å². The van der Waals surface area contributed by atoms with Crippen molar-refractivity contribution in [1.29, 1.82) is 0 Å². The van der Waals surface area contributed by atoms with Crippen LogP contribution in [0.5, 0.6) is 0 Å². The van der Waals surface area contributed by atoms with Crippen LogP contribution in [0.25, 0.3) is 11.0 Å². The van der Waals surface area contributed by atoms with Crippen molar-refractivity contribution < 1.29 is 0 Å². The summed E-state index contributed by atoms with van der Waals surface area (Å²) in [6.45, 7) is 3.10. The predicted octanol–water partition coefficient (Wildman–Crippen LogP) is 1.86. The van der Waals surface area contributed by atoms with Crippen molar-refractivity contribution in [1.82, 2.24) is 14.5 Å². The standard InChI is InChI=1S/C13H17N3O/c1-9-5-6-11-10(8-9)14-13(17)16(11)12-4-3-7-15(12)2/h5-6,8,12H,3-4,7H2,1-2H3,(H,14,17). The summed E-state index contributed by atoms with van der Waals surface area (Å²) in [5.41, 5.74) is 3.13. The monoisotopic (exact) mass is 231 g/mol. The Balaban J connectivity index is 2.22. The van der Waals surface area contributed by atoms with Gasteiger partial charge in [-0.15, -0.1) is 0 Å². The molecule has 0 aliphatic carbocycles. The van der Waals surface area contributed by atoms with E-state index in [1.807, 2.05) is 23.6 Å². The summed E-state index contributed by atoms with van der Waals surface area (Å²) in [6, 6.07) is 6.12. The number of aryl methyl sites for hydroxylation is 1. The molecule has 4 nitrogen and oxygen atoms in total. The molecule has 1 N–H and O–H groups in total. The van der Waals surface area contributed by atoms with Gasteiger partial charge in [0, 0.05) is 0 Å². The fourth-order valence-corrected chi connectivity index (χ4v) is 2.76. The van der Waals surface area contributed by atoms with E-state index >= 15 is 0 Å². The van der Waals surface area contributed by atoms with Gasteiger partial charge in [-0.05, 0) is 51.1 Å². The molecule has 4 heteroatoms. The summed E-state index contributed by atoms with van der Waals surface area (Å²) < 4.78 is 1.89. The van der Waals surface area contributed by atoms with Crippen LogP contribution in [0.4, 0.5) is 0 Å². The quantitative estimate of drug-likeness (QED) is 0.814. The summed E-state index contributed by atoms with van der Waals surface area (Å²) >= 11 is 0. The molecule has 1 aliphatic heterocycles. The lowest BCUT2D eigenvalue weighted by Gasteiger charge is -2.20. The zero-order chi connectivity index (χ0) is 12.0. The molecule has 1 aromatic carbocycles. The number of hydrogen-bond donors (Lipinski definition) is 1. The first-order valence-electron chi connectivity index (χ1n) is 6.08. The Labute approximate surface area is 99.9 Å². The number of fused-ring (bicyclic) bond motifs is 1. The highest BCUT2D eigenvalue weighted by Crippen LogP contribution is 2.26. The molecular weight excluding hydrogens is 214 g/mol. The van der Waals surface area contributed by atoms with Crippen LogP contribution in [0.2, 0.25) is 0 Å². The maximum Gasteiger partial charge on any atom is 0.327 e. The number of H-pyrrole nitrogens is 1. The molecule has 3 rings (SSSR count). The minimum Gasteiger partial charge on any atom is -0.305 e. The predicted molar refractivity (Wildman–Crippen MR) is 68.2 cm³/mol. The number of aromatic amines is 1. The summed E-state index contributed by atoms with van der Waals surface area (Å²) in [5.74, 6) is 0. The lowest BCUT2D eigenvalue weighted by Crippen LogP contribution is -2.30. The molecule has 1 fully saturated rings. The Morgan fingerprint density at radius 1 is 1.41 bits per heavy atom. The van der Waals surface area contributed by atoms with Gasteiger partial charge in [-0.3, -0.25) is 9.47 Å². The molecule has 1 unspecified atom stereocenters. The van der Waals surface area contributed by atoms with Crippen LogP contribution < -0.4 is 5.69 Å². The molecule has 1 atom stereocenters. The van der Waals surface area contributed by atoms with E-state index in [0.29, 0.717) is 0 Å². The van der Waals surface area contributed by atoms with Crippen LogP contribution in [0.3, 0.4) is 0 Å². The van der Waals surface area contributed by atoms with E-state index in [9.17, 15) is 4.79 Å². The summed E-state index contributed by atoms with van der Waals surface area (Å²) in [4.78, 5) is 17.3. The molecule has 2 aromatic rings. The van der Waals surface area contributed by atoms with Gasteiger partial charge in [0.1, 0.15) is 0 Å². The number of nitrogens with zero attached hydrogens (tertiary/aromatic N) is 2. The van der Waals surface area contributed by atoms with Crippen molar-refractivity contribution >= 4 is 11.0 Å². The molecule has 17 heavy (non-hydrogen) atoms. The third kappa shape index (κ3) is 1.60. The van der Waals surface area contributed by atoms with E-state index in [2.05, 4.69) is 23.0 Å². The zero-order valence-electron chi connectivity index (χ0n) is 10.2. The molecule has 0 radical (unpaired) electrons. The van der Waals surface area contributed by atoms with E-state index in [4.69, 9.17) is 0 Å². The van der Waals surface area contributed by atoms with Crippen molar-refractivity contribution in [3.63, 3.8) is 0 Å². The Morgan fingerprint density at radius 2 is 2.24 bits per heavy atom. The highest BCUT2D eigenvalue weighted by atomic mass is 16.1. The van der Waals surface area contributed by atoms with Crippen molar-refractivity contribution in [2.24, 2.45) is 0 Å². The lowest BCUT2D eigenvalue weighted by atomic mass is 10.2. The van der Waals surface area contributed by atoms with Crippen molar-refractivity contribution in [2.45, 2.75) is 25.9 Å². The van der Waals surface area contributed by atoms with Gasteiger partial charge in [-0.2, -0.15) is 0 Å². The smallest absolute Gasteiger partial charge is 0.305 e. The highest BCUT2D eigenvalue weighted by Gasteiger charge is 2.25. The van der Waals surface area contributed by atoms with E-state index in [0.717, 1.165) is 30.4 Å². The Morgan fingerprint density at radius 3 is 2.94 bits per heavy atom. The average Bonchev–Trinajstić information content (AvgIpc) is 2.80. The second-order valence-electron chi connectivity index (χ2n) is 4.92. The Kier molecular flexibility index (Phi) is 2.33. The first-order valence-corrected chi connectivity index (χ1v) is 6.08. The Bertz CT molecular complexity index is 611. The van der Waals surface area contributed by atoms with Gasteiger partial charge in [0.25, 0.3) is 0 Å². The van der Waals surface area contributed by atoms with Gasteiger partial charge in [-0.25, -0.2) is 4.79 Å². The third-order valence-corrected chi connectivity index (χ3v) is 3.65. The second-order valence-corrected chi connectivity index (χ2v) is 4.92. The van der Waals surface area contributed by atoms with Gasteiger partial charge >= 0.3 is 5.69 Å². The van der Waals surface area contributed by atoms with Crippen LogP contribution in [0, 0.1) is 6.92 Å². The summed E-state index contributed by atoms with van der Waals surface area (Å²) in [6.07, 6.45) is 2.42. The Hall–Kier alpha value is -1.55. The van der Waals surface area contributed by atoms with E-state index in [-0.39, 0.29) is 11.9 Å². The van der Waals surface area contributed by atoms with Gasteiger partial charge in [0.05, 0.1) is 17.2 Å². The second kappa shape index (κ2) is 3.74. The van der Waals surface area contributed by atoms with Crippen molar-refractivity contribution in [3.8, 4) is 0 Å². The van der Waals surface area contributed by atoms with E-state index in [1.54, 1.807) is 0 Å². The van der Waals surface area contributed by atoms with Crippen LogP contribution in [-0.4, -0.2) is 28.0 Å². The molecule has 1 saturated heterocycles. The normalized spacial score (nSPS) is 21.4. The number of rotatable bonds is 1. The molecular formula is C13H17N3O. The van der Waals surface area contributed by atoms with E-state index in [1.165, 1.54) is 5.56 Å². The minimum absolute atomic E-state index is 0.00403. The van der Waals surface area contributed by atoms with Gasteiger partial charge < -0.3 is 4.98 Å². The third-order valence-electron chi connectivity index (χ3n) is 3.65. The molecule has 2 heterocycles. The minimum atomic E-state index is 0.00403. The zero-order valence-corrected chi connectivity index (χ0v) is 10.2. The largest absolute Gasteiger partial charge is 0.327 e. The summed E-state index contributed by atoms with van der Waals surface area (Å²) in [5, 5.41) is 0. The number of nitrogens with one attached hydrogen (secondary N) is 1. The highest BCUT2D eigenvalue weighted by molar-refractivity contribution is 5.76. The number of hydrogen-bond acceptors (Lipinski definition) is 2. The van der Waals surface area contributed by atoms with Gasteiger partial charge in [0.15, 0.2) is 0 Å². The molecule has 90 valence electrons. The van der Waals surface area contributed by atoms with Crippen LogP contribution in [0.15, 0.2) is 23.0 Å². The van der Waals surface area contributed by atoms with Crippen molar-refractivity contribution in [3.05, 3.63) is 34.2 Å².